The summed E-state index contributed by atoms with van der Waals surface area (Å²) in [5.41, 5.74) is 0.924. The lowest BCUT2D eigenvalue weighted by Crippen LogP contribution is -2.13. The molecule has 0 radical (unpaired) electrons. The van der Waals surface area contributed by atoms with Gasteiger partial charge in [-0.1, -0.05) is 6.07 Å². The van der Waals surface area contributed by atoms with Crippen LogP contribution in [0.25, 0.3) is 0 Å². The standard InChI is InChI=1S/C11H14BrNO2/c1-15-11-8(12)5-4-7(10(11)14)9-3-2-6-13-9/h4-5,9,13-14H,2-3,6H2,1H3. The second-order valence-electron chi connectivity index (χ2n) is 3.67. The summed E-state index contributed by atoms with van der Waals surface area (Å²) >= 11 is 3.34. The first-order chi connectivity index (χ1) is 7.24. The van der Waals surface area contributed by atoms with Crippen molar-refractivity contribution in [2.75, 3.05) is 13.7 Å². The fourth-order valence-electron chi connectivity index (χ4n) is 1.99. The van der Waals surface area contributed by atoms with E-state index in [-0.39, 0.29) is 11.8 Å². The van der Waals surface area contributed by atoms with Gasteiger partial charge in [0.15, 0.2) is 11.5 Å². The summed E-state index contributed by atoms with van der Waals surface area (Å²) in [6.45, 7) is 1.02. The number of hydrogen-bond donors (Lipinski definition) is 2. The lowest BCUT2D eigenvalue weighted by molar-refractivity contribution is 0.365. The molecule has 1 aromatic carbocycles. The Labute approximate surface area is 97.6 Å². The number of halogens is 1. The van der Waals surface area contributed by atoms with E-state index in [0.717, 1.165) is 29.4 Å². The summed E-state index contributed by atoms with van der Waals surface area (Å²) in [4.78, 5) is 0. The van der Waals surface area contributed by atoms with Crippen LogP contribution in [0.3, 0.4) is 0 Å². The van der Waals surface area contributed by atoms with Crippen LogP contribution in [0.4, 0.5) is 0 Å². The molecule has 0 saturated carbocycles. The van der Waals surface area contributed by atoms with Gasteiger partial charge in [-0.15, -0.1) is 0 Å². The third kappa shape index (κ3) is 1.96. The molecule has 1 aliphatic rings. The molecule has 82 valence electrons. The molecule has 1 fully saturated rings. The quantitative estimate of drug-likeness (QED) is 0.869. The minimum Gasteiger partial charge on any atom is -0.504 e. The molecule has 0 aliphatic carbocycles. The van der Waals surface area contributed by atoms with Gasteiger partial charge in [-0.05, 0) is 41.4 Å². The number of ether oxygens (including phenoxy) is 1. The van der Waals surface area contributed by atoms with Gasteiger partial charge in [-0.2, -0.15) is 0 Å². The topological polar surface area (TPSA) is 41.5 Å². The Morgan fingerprint density at radius 2 is 2.33 bits per heavy atom. The van der Waals surface area contributed by atoms with Crippen molar-refractivity contribution in [3.63, 3.8) is 0 Å². The Morgan fingerprint density at radius 1 is 1.53 bits per heavy atom. The van der Waals surface area contributed by atoms with E-state index in [1.165, 1.54) is 0 Å². The van der Waals surface area contributed by atoms with E-state index in [2.05, 4.69) is 21.2 Å². The van der Waals surface area contributed by atoms with Crippen LogP contribution in [0.5, 0.6) is 11.5 Å². The summed E-state index contributed by atoms with van der Waals surface area (Å²) in [5.74, 6) is 0.757. The molecule has 2 rings (SSSR count). The molecule has 1 aliphatic heterocycles. The zero-order valence-corrected chi connectivity index (χ0v) is 10.2. The summed E-state index contributed by atoms with van der Waals surface area (Å²) in [7, 11) is 1.56. The van der Waals surface area contributed by atoms with E-state index in [0.29, 0.717) is 5.75 Å². The van der Waals surface area contributed by atoms with E-state index in [1.807, 2.05) is 12.1 Å². The van der Waals surface area contributed by atoms with Crippen molar-refractivity contribution in [1.82, 2.24) is 5.32 Å². The van der Waals surface area contributed by atoms with Gasteiger partial charge < -0.3 is 15.2 Å². The zero-order valence-electron chi connectivity index (χ0n) is 8.59. The Hall–Kier alpha value is -0.740. The molecule has 1 atom stereocenters. The van der Waals surface area contributed by atoms with E-state index in [9.17, 15) is 5.11 Å². The Bertz CT molecular complexity index is 362. The molecule has 0 aromatic heterocycles. The molecule has 1 heterocycles. The van der Waals surface area contributed by atoms with Crippen molar-refractivity contribution in [1.29, 1.82) is 0 Å². The van der Waals surface area contributed by atoms with Gasteiger partial charge in [0.25, 0.3) is 0 Å². The number of methoxy groups -OCH3 is 1. The number of aromatic hydroxyl groups is 1. The molecule has 3 nitrogen and oxygen atoms in total. The number of rotatable bonds is 2. The lowest BCUT2D eigenvalue weighted by atomic mass is 10.0. The first-order valence-corrected chi connectivity index (χ1v) is 5.82. The largest absolute Gasteiger partial charge is 0.504 e. The van der Waals surface area contributed by atoms with Gasteiger partial charge in [-0.25, -0.2) is 0 Å². The van der Waals surface area contributed by atoms with Crippen LogP contribution in [0.2, 0.25) is 0 Å². The lowest BCUT2D eigenvalue weighted by Gasteiger charge is -2.15. The molecule has 15 heavy (non-hydrogen) atoms. The van der Waals surface area contributed by atoms with E-state index < -0.39 is 0 Å². The fraction of sp³-hybridized carbons (Fsp3) is 0.455. The SMILES string of the molecule is COc1c(Br)ccc(C2CCCN2)c1O. The zero-order chi connectivity index (χ0) is 10.8. The molecule has 1 aromatic rings. The number of hydrogen-bond acceptors (Lipinski definition) is 3. The average Bonchev–Trinajstić information content (AvgIpc) is 2.71. The monoisotopic (exact) mass is 271 g/mol. The third-order valence-corrected chi connectivity index (χ3v) is 3.38. The van der Waals surface area contributed by atoms with Crippen molar-refractivity contribution in [2.24, 2.45) is 0 Å². The van der Waals surface area contributed by atoms with Crippen LogP contribution < -0.4 is 10.1 Å². The minimum absolute atomic E-state index is 0.242. The summed E-state index contributed by atoms with van der Waals surface area (Å²) in [5, 5.41) is 13.4. The normalized spacial score (nSPS) is 20.5. The highest BCUT2D eigenvalue weighted by molar-refractivity contribution is 9.10. The van der Waals surface area contributed by atoms with Gasteiger partial charge in [0.1, 0.15) is 0 Å². The number of phenolic OH excluding ortho intramolecular Hbond substituents is 1. The van der Waals surface area contributed by atoms with Crippen LogP contribution in [0, 0.1) is 0 Å². The highest BCUT2D eigenvalue weighted by Crippen LogP contribution is 2.41. The number of phenols is 1. The predicted octanol–water partition coefficient (Wildman–Crippen LogP) is 2.59. The summed E-state index contributed by atoms with van der Waals surface area (Å²) in [6.07, 6.45) is 2.22. The Kier molecular flexibility index (Phi) is 3.17. The molecular weight excluding hydrogens is 258 g/mol. The minimum atomic E-state index is 0.242. The average molecular weight is 272 g/mol. The summed E-state index contributed by atoms with van der Waals surface area (Å²) < 4.78 is 5.93. The van der Waals surface area contributed by atoms with Gasteiger partial charge in [0.05, 0.1) is 11.6 Å². The van der Waals surface area contributed by atoms with Crippen molar-refractivity contribution in [2.45, 2.75) is 18.9 Å². The fourth-order valence-corrected chi connectivity index (χ4v) is 2.47. The molecule has 4 heteroatoms. The molecule has 0 bridgehead atoms. The molecule has 0 spiro atoms. The molecule has 1 saturated heterocycles. The maximum Gasteiger partial charge on any atom is 0.175 e. The van der Waals surface area contributed by atoms with E-state index >= 15 is 0 Å². The molecule has 2 N–H and O–H groups in total. The van der Waals surface area contributed by atoms with Gasteiger partial charge in [0.2, 0.25) is 0 Å². The molecule has 0 amide bonds. The van der Waals surface area contributed by atoms with Crippen molar-refractivity contribution in [3.05, 3.63) is 22.2 Å². The highest BCUT2D eigenvalue weighted by Gasteiger charge is 2.22. The van der Waals surface area contributed by atoms with Crippen LogP contribution >= 0.6 is 15.9 Å². The maximum atomic E-state index is 10.0. The van der Waals surface area contributed by atoms with Crippen LogP contribution in [0.1, 0.15) is 24.4 Å². The third-order valence-electron chi connectivity index (χ3n) is 2.75. The van der Waals surface area contributed by atoms with E-state index in [1.54, 1.807) is 7.11 Å². The Balaban J connectivity index is 2.39. The van der Waals surface area contributed by atoms with Gasteiger partial charge in [0, 0.05) is 11.6 Å². The van der Waals surface area contributed by atoms with Crippen molar-refractivity contribution < 1.29 is 9.84 Å². The van der Waals surface area contributed by atoms with Crippen molar-refractivity contribution >= 4 is 15.9 Å². The second kappa shape index (κ2) is 4.41. The number of benzene rings is 1. The first-order valence-electron chi connectivity index (χ1n) is 5.02. The first kappa shape index (κ1) is 10.8. The highest BCUT2D eigenvalue weighted by atomic mass is 79.9. The second-order valence-corrected chi connectivity index (χ2v) is 4.52. The van der Waals surface area contributed by atoms with Gasteiger partial charge >= 0.3 is 0 Å². The number of nitrogens with one attached hydrogen (secondary N) is 1. The van der Waals surface area contributed by atoms with Crippen LogP contribution in [0.15, 0.2) is 16.6 Å². The van der Waals surface area contributed by atoms with Gasteiger partial charge in [-0.3, -0.25) is 0 Å². The summed E-state index contributed by atoms with van der Waals surface area (Å²) in [6, 6.07) is 4.10. The van der Waals surface area contributed by atoms with Crippen molar-refractivity contribution in [3.8, 4) is 11.5 Å². The molecular formula is C11H14BrNO2. The molecule has 1 unspecified atom stereocenters. The van der Waals surface area contributed by atoms with Crippen LogP contribution in [-0.2, 0) is 0 Å². The Morgan fingerprint density at radius 3 is 2.93 bits per heavy atom. The predicted molar refractivity (Wildman–Crippen MR) is 62.3 cm³/mol. The van der Waals surface area contributed by atoms with Crippen LogP contribution in [-0.4, -0.2) is 18.8 Å². The smallest absolute Gasteiger partial charge is 0.175 e. The maximum absolute atomic E-state index is 10.0. The van der Waals surface area contributed by atoms with E-state index in [4.69, 9.17) is 4.74 Å².